The zero-order chi connectivity index (χ0) is 34.5. The van der Waals surface area contributed by atoms with Gasteiger partial charge in [0.15, 0.2) is 0 Å². The largest absolute Gasteiger partial charge is 0.429 e. The molecule has 3 aliphatic carbocycles. The fourth-order valence-corrected chi connectivity index (χ4v) is 7.07. The second-order valence-corrected chi connectivity index (χ2v) is 13.0. The third-order valence-electron chi connectivity index (χ3n) is 9.57. The number of ether oxygens (including phenoxy) is 2. The maximum absolute atomic E-state index is 12.1. The number of carbonyl (C=O) groups excluding carboxylic acids is 2. The summed E-state index contributed by atoms with van der Waals surface area (Å²) in [6.07, 6.45) is 20.7. The molecule has 4 aromatic carbocycles. The number of fused-ring (bicyclic) bond motifs is 2. The van der Waals surface area contributed by atoms with Crippen LogP contribution in [0.5, 0.6) is 11.5 Å². The fraction of sp³-hybridized carbons (Fsp3) is 0.156. The molecule has 5 heteroatoms. The molecule has 0 heterocycles. The number of allylic oxidation sites excluding steroid dienone is 3. The van der Waals surface area contributed by atoms with E-state index < -0.39 is 5.97 Å². The molecule has 50 heavy (non-hydrogen) atoms. The summed E-state index contributed by atoms with van der Waals surface area (Å²) < 4.78 is 10.6. The number of rotatable bonds is 10. The van der Waals surface area contributed by atoms with Crippen LogP contribution in [0.1, 0.15) is 46.7 Å². The third-order valence-corrected chi connectivity index (χ3v) is 9.57. The monoisotopic (exact) mass is 657 g/mol. The van der Waals surface area contributed by atoms with E-state index in [0.29, 0.717) is 23.5 Å². The van der Waals surface area contributed by atoms with E-state index in [-0.39, 0.29) is 18.1 Å². The minimum Gasteiger partial charge on any atom is -0.429 e. The van der Waals surface area contributed by atoms with Gasteiger partial charge in [0.2, 0.25) is 0 Å². The Labute approximate surface area is 293 Å². The summed E-state index contributed by atoms with van der Waals surface area (Å²) >= 11 is 0. The highest BCUT2D eigenvalue weighted by atomic mass is 16.5. The summed E-state index contributed by atoms with van der Waals surface area (Å²) in [4.78, 5) is 25.7. The summed E-state index contributed by atoms with van der Waals surface area (Å²) in [7, 11) is 0. The quantitative estimate of drug-likeness (QED) is 0.0738. The Morgan fingerprint density at radius 2 is 1.30 bits per heavy atom. The Morgan fingerprint density at radius 3 is 1.84 bits per heavy atom. The van der Waals surface area contributed by atoms with E-state index in [1.165, 1.54) is 33.4 Å². The van der Waals surface area contributed by atoms with E-state index in [1.807, 2.05) is 24.3 Å². The third kappa shape index (κ3) is 7.29. The normalized spacial score (nSPS) is 18.8. The molecule has 4 aromatic rings. The first-order valence-electron chi connectivity index (χ1n) is 17.0. The SMILES string of the molecule is C=C(C)C(=O)Oc1ccc2c(c1)C=CC(N(C1C=CC(C=C(c3ccccc3)c3ccccc3)=CC1)C1C=Cc3cc(OC=O)ccc3C1)C2. The Hall–Kier alpha value is -5.78. The van der Waals surface area contributed by atoms with Gasteiger partial charge in [0.25, 0.3) is 6.47 Å². The molecule has 7 rings (SSSR count). The highest BCUT2D eigenvalue weighted by molar-refractivity contribution is 5.89. The van der Waals surface area contributed by atoms with Crippen molar-refractivity contribution in [2.24, 2.45) is 0 Å². The number of hydrogen-bond acceptors (Lipinski definition) is 5. The molecule has 248 valence electrons. The molecule has 0 saturated heterocycles. The average molecular weight is 658 g/mol. The molecule has 0 spiro atoms. The standard InChI is InChI=1S/C45H39NO4/c1-31(2)45(48)50-43-24-18-36-27-41(22-16-38(36)29-43)46(40-21-15-37-28-42(49-30-47)23-17-35(37)26-40)39-19-13-32(14-20-39)25-44(33-9-5-3-6-10-33)34-11-7-4-8-12-34/h3-19,21-25,28-30,39-41H,1,20,26-27H2,2H3. The predicted octanol–water partition coefficient (Wildman–Crippen LogP) is 8.97. The highest BCUT2D eigenvalue weighted by Gasteiger charge is 2.33. The van der Waals surface area contributed by atoms with Crippen molar-refractivity contribution in [1.29, 1.82) is 0 Å². The van der Waals surface area contributed by atoms with Crippen molar-refractivity contribution in [3.8, 4) is 11.5 Å². The minimum absolute atomic E-state index is 0.143. The average Bonchev–Trinajstić information content (AvgIpc) is 3.15. The van der Waals surface area contributed by atoms with Gasteiger partial charge in [0, 0.05) is 23.7 Å². The van der Waals surface area contributed by atoms with Crippen LogP contribution in [0, 0.1) is 0 Å². The smallest absolute Gasteiger partial charge is 0.338 e. The number of hydrogen-bond donors (Lipinski definition) is 0. The Morgan fingerprint density at radius 1 is 0.740 bits per heavy atom. The van der Waals surface area contributed by atoms with E-state index in [9.17, 15) is 9.59 Å². The highest BCUT2D eigenvalue weighted by Crippen LogP contribution is 2.35. The van der Waals surface area contributed by atoms with Crippen LogP contribution in [-0.4, -0.2) is 35.5 Å². The summed E-state index contributed by atoms with van der Waals surface area (Å²) in [6, 6.07) is 33.3. The van der Waals surface area contributed by atoms with Crippen molar-refractivity contribution < 1.29 is 19.1 Å². The number of nitrogens with zero attached hydrogens (tertiary/aromatic N) is 1. The van der Waals surface area contributed by atoms with Gasteiger partial charge in [-0.3, -0.25) is 9.69 Å². The van der Waals surface area contributed by atoms with Gasteiger partial charge in [-0.25, -0.2) is 4.79 Å². The Balaban J connectivity index is 1.18. The van der Waals surface area contributed by atoms with Crippen LogP contribution < -0.4 is 9.47 Å². The number of benzene rings is 4. The van der Waals surface area contributed by atoms with Crippen LogP contribution in [0.4, 0.5) is 0 Å². The van der Waals surface area contributed by atoms with Gasteiger partial charge in [-0.05, 0) is 101 Å². The first kappa shape index (κ1) is 32.8. The van der Waals surface area contributed by atoms with Crippen molar-refractivity contribution in [3.63, 3.8) is 0 Å². The van der Waals surface area contributed by atoms with Crippen LogP contribution in [-0.2, 0) is 22.4 Å². The molecular formula is C45H39NO4. The molecule has 0 amide bonds. The van der Waals surface area contributed by atoms with Crippen LogP contribution in [0.3, 0.4) is 0 Å². The zero-order valence-corrected chi connectivity index (χ0v) is 28.1. The number of esters is 1. The lowest BCUT2D eigenvalue weighted by Crippen LogP contribution is -2.50. The zero-order valence-electron chi connectivity index (χ0n) is 28.1. The van der Waals surface area contributed by atoms with E-state index in [2.05, 4.69) is 133 Å². The summed E-state index contributed by atoms with van der Waals surface area (Å²) in [6.45, 7) is 5.81. The molecular weight excluding hydrogens is 618 g/mol. The molecule has 0 radical (unpaired) electrons. The van der Waals surface area contributed by atoms with E-state index in [0.717, 1.165) is 30.4 Å². The molecule has 0 aromatic heterocycles. The van der Waals surface area contributed by atoms with Crippen molar-refractivity contribution in [1.82, 2.24) is 4.90 Å². The first-order valence-corrected chi connectivity index (χ1v) is 17.0. The second-order valence-electron chi connectivity index (χ2n) is 13.0. The van der Waals surface area contributed by atoms with Crippen molar-refractivity contribution in [2.75, 3.05) is 0 Å². The van der Waals surface area contributed by atoms with Gasteiger partial charge in [-0.2, -0.15) is 0 Å². The van der Waals surface area contributed by atoms with Crippen LogP contribution in [0.2, 0.25) is 0 Å². The molecule has 5 nitrogen and oxygen atoms in total. The van der Waals surface area contributed by atoms with Gasteiger partial charge in [-0.1, -0.05) is 122 Å². The van der Waals surface area contributed by atoms with E-state index in [4.69, 9.17) is 9.47 Å². The van der Waals surface area contributed by atoms with Crippen LogP contribution in [0.25, 0.3) is 17.7 Å². The van der Waals surface area contributed by atoms with Crippen LogP contribution in [0.15, 0.2) is 151 Å². The second kappa shape index (κ2) is 14.8. The van der Waals surface area contributed by atoms with Gasteiger partial charge in [0.05, 0.1) is 0 Å². The molecule has 0 fully saturated rings. The van der Waals surface area contributed by atoms with Crippen molar-refractivity contribution in [2.45, 2.75) is 44.3 Å². The molecule has 3 aliphatic rings. The lowest BCUT2D eigenvalue weighted by molar-refractivity contribution is -0.130. The van der Waals surface area contributed by atoms with Gasteiger partial charge in [0.1, 0.15) is 11.5 Å². The predicted molar refractivity (Wildman–Crippen MR) is 201 cm³/mol. The van der Waals surface area contributed by atoms with Gasteiger partial charge >= 0.3 is 5.97 Å². The summed E-state index contributed by atoms with van der Waals surface area (Å²) in [5.74, 6) is 0.645. The lowest BCUT2D eigenvalue weighted by atomic mass is 9.86. The van der Waals surface area contributed by atoms with Crippen molar-refractivity contribution in [3.05, 3.63) is 185 Å². The van der Waals surface area contributed by atoms with Crippen LogP contribution >= 0.6 is 0 Å². The molecule has 0 N–H and O–H groups in total. The molecule has 3 unspecified atom stereocenters. The van der Waals surface area contributed by atoms with E-state index in [1.54, 1.807) is 6.92 Å². The Bertz CT molecular complexity index is 2030. The molecule has 3 atom stereocenters. The lowest BCUT2D eigenvalue weighted by Gasteiger charge is -2.43. The molecule has 0 aliphatic heterocycles. The summed E-state index contributed by atoms with van der Waals surface area (Å²) in [5, 5.41) is 0. The molecule has 0 bridgehead atoms. The summed E-state index contributed by atoms with van der Waals surface area (Å²) in [5.41, 5.74) is 9.69. The maximum Gasteiger partial charge on any atom is 0.338 e. The van der Waals surface area contributed by atoms with Gasteiger partial charge in [-0.15, -0.1) is 0 Å². The Kier molecular flexibility index (Phi) is 9.68. The maximum atomic E-state index is 12.1. The molecule has 0 saturated carbocycles. The number of carbonyl (C=O) groups is 2. The first-order chi connectivity index (χ1) is 24.4. The minimum atomic E-state index is -0.422. The van der Waals surface area contributed by atoms with E-state index >= 15 is 0 Å². The van der Waals surface area contributed by atoms with Gasteiger partial charge < -0.3 is 9.47 Å². The topological polar surface area (TPSA) is 55.8 Å². The fourth-order valence-electron chi connectivity index (χ4n) is 7.07. The van der Waals surface area contributed by atoms with Crippen molar-refractivity contribution >= 4 is 30.2 Å².